The van der Waals surface area contributed by atoms with Crippen LogP contribution >= 0.6 is 0 Å². The number of halogens is 5. The molecular weight excluding hydrogens is 371 g/mol. The molecule has 0 bridgehead atoms. The molecule has 2 atom stereocenters. The molecule has 1 fully saturated rings. The molecule has 1 aromatic carbocycles. The van der Waals surface area contributed by atoms with Gasteiger partial charge in [-0.3, -0.25) is 0 Å². The number of allylic oxidation sites excluding steroid dienone is 4. The Kier molecular flexibility index (Phi) is 6.31. The lowest BCUT2D eigenvalue weighted by Crippen LogP contribution is -2.30. The van der Waals surface area contributed by atoms with Gasteiger partial charge in [0.05, 0.1) is 0 Å². The number of alkyl halides is 1. The summed E-state index contributed by atoms with van der Waals surface area (Å²) in [7, 11) is 0. The number of hydrogen-bond donors (Lipinski definition) is 0. The van der Waals surface area contributed by atoms with Crippen molar-refractivity contribution in [1.82, 2.24) is 0 Å². The van der Waals surface area contributed by atoms with E-state index >= 15 is 4.39 Å². The Morgan fingerprint density at radius 2 is 1.61 bits per heavy atom. The molecule has 0 heterocycles. The molecule has 1 aromatic rings. The summed E-state index contributed by atoms with van der Waals surface area (Å²) in [5.74, 6) is -4.61. The molecule has 0 spiro atoms. The third-order valence-electron chi connectivity index (χ3n) is 6.46. The predicted molar refractivity (Wildman–Crippen MR) is 101 cm³/mol. The molecular formula is C23H27F5. The lowest BCUT2D eigenvalue weighted by Gasteiger charge is -2.32. The zero-order chi connectivity index (χ0) is 20.5. The van der Waals surface area contributed by atoms with Crippen LogP contribution in [0.3, 0.4) is 0 Å². The Hall–Kier alpha value is -1.65. The maximum absolute atomic E-state index is 15.1. The lowest BCUT2D eigenvalue weighted by atomic mass is 9.76. The average Bonchev–Trinajstić information content (AvgIpc) is 2.65. The van der Waals surface area contributed by atoms with Gasteiger partial charge in [-0.05, 0) is 67.4 Å². The van der Waals surface area contributed by atoms with Crippen LogP contribution in [0.25, 0.3) is 0 Å². The summed E-state index contributed by atoms with van der Waals surface area (Å²) in [6.45, 7) is 3.46. The van der Waals surface area contributed by atoms with Gasteiger partial charge in [0, 0.05) is 17.9 Å². The van der Waals surface area contributed by atoms with E-state index in [1.54, 1.807) is 0 Å². The zero-order valence-electron chi connectivity index (χ0n) is 16.4. The maximum atomic E-state index is 15.1. The molecule has 0 N–H and O–H groups in total. The monoisotopic (exact) mass is 398 g/mol. The van der Waals surface area contributed by atoms with Crippen LogP contribution in [-0.2, 0) is 0 Å². The van der Waals surface area contributed by atoms with Crippen molar-refractivity contribution in [2.24, 2.45) is 5.92 Å². The fourth-order valence-corrected chi connectivity index (χ4v) is 4.67. The van der Waals surface area contributed by atoms with Gasteiger partial charge in [0.1, 0.15) is 17.3 Å². The van der Waals surface area contributed by atoms with Gasteiger partial charge < -0.3 is 0 Å². The summed E-state index contributed by atoms with van der Waals surface area (Å²) in [5.41, 5.74) is -2.18. The van der Waals surface area contributed by atoms with Gasteiger partial charge in [0.2, 0.25) is 0 Å². The highest BCUT2D eigenvalue weighted by molar-refractivity contribution is 5.37. The molecule has 2 aliphatic rings. The normalized spacial score (nSPS) is 29.2. The van der Waals surface area contributed by atoms with Gasteiger partial charge in [0.25, 0.3) is 0 Å². The van der Waals surface area contributed by atoms with Crippen molar-refractivity contribution in [1.29, 1.82) is 0 Å². The SMILES string of the molecule is CCC[C@H]1CC[C@H](c2cc(F)c(C(C)C3(F)C=C(F)C(F)=CC3)c(F)c2)CC1. The molecule has 2 unspecified atom stereocenters. The summed E-state index contributed by atoms with van der Waals surface area (Å²) < 4.78 is 71.5. The van der Waals surface area contributed by atoms with Crippen molar-refractivity contribution in [3.63, 3.8) is 0 Å². The summed E-state index contributed by atoms with van der Waals surface area (Å²) in [6.07, 6.45) is 7.03. The van der Waals surface area contributed by atoms with Crippen LogP contribution in [0, 0.1) is 17.6 Å². The van der Waals surface area contributed by atoms with Gasteiger partial charge in [0.15, 0.2) is 11.7 Å². The van der Waals surface area contributed by atoms with Crippen molar-refractivity contribution >= 4 is 0 Å². The van der Waals surface area contributed by atoms with Crippen LogP contribution < -0.4 is 0 Å². The van der Waals surface area contributed by atoms with Gasteiger partial charge >= 0.3 is 0 Å². The van der Waals surface area contributed by atoms with Crippen LogP contribution in [-0.4, -0.2) is 5.67 Å². The summed E-state index contributed by atoms with van der Waals surface area (Å²) >= 11 is 0. The minimum Gasteiger partial charge on any atom is -0.238 e. The second-order valence-corrected chi connectivity index (χ2v) is 8.30. The highest BCUT2D eigenvalue weighted by atomic mass is 19.2. The lowest BCUT2D eigenvalue weighted by molar-refractivity contribution is 0.181. The largest absolute Gasteiger partial charge is 0.238 e. The van der Waals surface area contributed by atoms with E-state index in [0.717, 1.165) is 38.2 Å². The highest BCUT2D eigenvalue weighted by Crippen LogP contribution is 2.44. The minimum atomic E-state index is -2.37. The summed E-state index contributed by atoms with van der Waals surface area (Å²) in [5, 5.41) is 0. The van der Waals surface area contributed by atoms with Crippen LogP contribution in [0.5, 0.6) is 0 Å². The van der Waals surface area contributed by atoms with E-state index in [0.29, 0.717) is 17.6 Å². The Labute approximate surface area is 163 Å². The standard InChI is InChI=1S/C23H27F5/c1-3-4-15-5-7-16(8-6-15)17-11-19(25)22(20(26)12-17)14(2)23(28)10-9-18(24)21(27)13-23/h9,11-16H,3-8,10H2,1-2H3/t14?,15-,16-,23?. The Morgan fingerprint density at radius 3 is 2.14 bits per heavy atom. The van der Waals surface area contributed by atoms with Crippen molar-refractivity contribution in [2.45, 2.75) is 76.3 Å². The van der Waals surface area contributed by atoms with E-state index < -0.39 is 46.9 Å². The van der Waals surface area contributed by atoms with Crippen molar-refractivity contribution in [2.75, 3.05) is 0 Å². The molecule has 0 aliphatic heterocycles. The fourth-order valence-electron chi connectivity index (χ4n) is 4.67. The molecule has 0 amide bonds. The summed E-state index contributed by atoms with van der Waals surface area (Å²) in [6, 6.07) is 2.59. The molecule has 1 saturated carbocycles. The van der Waals surface area contributed by atoms with E-state index in [-0.39, 0.29) is 5.92 Å². The van der Waals surface area contributed by atoms with Crippen LogP contribution in [0.2, 0.25) is 0 Å². The average molecular weight is 398 g/mol. The second kappa shape index (κ2) is 8.38. The molecule has 0 radical (unpaired) electrons. The Morgan fingerprint density at radius 1 is 1.00 bits per heavy atom. The van der Waals surface area contributed by atoms with E-state index in [1.165, 1.54) is 25.5 Å². The second-order valence-electron chi connectivity index (χ2n) is 8.30. The first-order valence-electron chi connectivity index (χ1n) is 10.2. The van der Waals surface area contributed by atoms with Crippen molar-refractivity contribution in [3.05, 3.63) is 58.7 Å². The van der Waals surface area contributed by atoms with Crippen LogP contribution in [0.1, 0.15) is 81.8 Å². The smallest absolute Gasteiger partial charge is 0.157 e. The molecule has 3 rings (SSSR count). The first-order valence-corrected chi connectivity index (χ1v) is 10.2. The van der Waals surface area contributed by atoms with Gasteiger partial charge in [-0.2, -0.15) is 0 Å². The predicted octanol–water partition coefficient (Wildman–Crippen LogP) is 7.96. The number of rotatable bonds is 5. The van der Waals surface area contributed by atoms with Crippen LogP contribution in [0.15, 0.2) is 35.9 Å². The minimum absolute atomic E-state index is 0.102. The Bertz CT molecular complexity index is 750. The maximum Gasteiger partial charge on any atom is 0.157 e. The first kappa shape index (κ1) is 21.1. The van der Waals surface area contributed by atoms with E-state index in [9.17, 15) is 17.6 Å². The van der Waals surface area contributed by atoms with Gasteiger partial charge in [-0.15, -0.1) is 0 Å². The van der Waals surface area contributed by atoms with E-state index in [2.05, 4.69) is 6.92 Å². The molecule has 154 valence electrons. The zero-order valence-corrected chi connectivity index (χ0v) is 16.4. The molecule has 5 heteroatoms. The first-order chi connectivity index (χ1) is 13.2. The molecule has 28 heavy (non-hydrogen) atoms. The fraction of sp³-hybridized carbons (Fsp3) is 0.565. The van der Waals surface area contributed by atoms with Gasteiger partial charge in [-0.25, -0.2) is 22.0 Å². The summed E-state index contributed by atoms with van der Waals surface area (Å²) in [4.78, 5) is 0. The number of benzene rings is 1. The third kappa shape index (κ3) is 4.18. The molecule has 0 aromatic heterocycles. The van der Waals surface area contributed by atoms with E-state index in [4.69, 9.17) is 0 Å². The molecule has 0 nitrogen and oxygen atoms in total. The van der Waals surface area contributed by atoms with Crippen LogP contribution in [0.4, 0.5) is 22.0 Å². The number of hydrogen-bond acceptors (Lipinski definition) is 0. The molecule has 0 saturated heterocycles. The van der Waals surface area contributed by atoms with Gasteiger partial charge in [-0.1, -0.05) is 26.7 Å². The Balaban J connectivity index is 1.81. The van der Waals surface area contributed by atoms with E-state index in [1.807, 2.05) is 0 Å². The van der Waals surface area contributed by atoms with Crippen molar-refractivity contribution < 1.29 is 22.0 Å². The quantitative estimate of drug-likeness (QED) is 0.441. The topological polar surface area (TPSA) is 0 Å². The van der Waals surface area contributed by atoms with Crippen molar-refractivity contribution in [3.8, 4) is 0 Å². The molecule has 2 aliphatic carbocycles. The third-order valence-corrected chi connectivity index (χ3v) is 6.46. The highest BCUT2D eigenvalue weighted by Gasteiger charge is 2.40.